The third kappa shape index (κ3) is 1.78. The Morgan fingerprint density at radius 3 is 2.47 bits per heavy atom. The molecule has 0 atom stereocenters. The molecule has 1 saturated carbocycles. The molecule has 92 valence electrons. The predicted molar refractivity (Wildman–Crippen MR) is 61.8 cm³/mol. The number of carboxylic acid groups (broad SMARTS) is 1. The van der Waals surface area contributed by atoms with Crippen LogP contribution >= 0.6 is 0 Å². The lowest BCUT2D eigenvalue weighted by Gasteiger charge is -2.26. The summed E-state index contributed by atoms with van der Waals surface area (Å²) >= 11 is 0. The molecule has 3 N–H and O–H groups in total. The van der Waals surface area contributed by atoms with E-state index in [1.807, 2.05) is 0 Å². The van der Waals surface area contributed by atoms with Gasteiger partial charge in [0.2, 0.25) is 0 Å². The number of rotatable bonds is 3. The van der Waals surface area contributed by atoms with Crippen LogP contribution in [0.4, 0.5) is 0 Å². The van der Waals surface area contributed by atoms with Gasteiger partial charge in [0.25, 0.3) is 0 Å². The molecule has 1 fully saturated rings. The molecule has 1 aromatic rings. The minimum atomic E-state index is -0.977. The third-order valence-corrected chi connectivity index (χ3v) is 3.67. The third-order valence-electron chi connectivity index (χ3n) is 3.67. The maximum Gasteiger partial charge on any atom is 0.314 e. The molecule has 2 rings (SSSR count). The lowest BCUT2D eigenvalue weighted by molar-refractivity contribution is -0.143. The zero-order valence-corrected chi connectivity index (χ0v) is 9.52. The topological polar surface area (TPSA) is 77.8 Å². The molecule has 0 bridgehead atoms. The van der Waals surface area contributed by atoms with E-state index in [9.17, 15) is 15.0 Å². The van der Waals surface area contributed by atoms with E-state index >= 15 is 0 Å². The Kier molecular flexibility index (Phi) is 3.07. The van der Waals surface area contributed by atoms with Crippen molar-refractivity contribution in [2.45, 2.75) is 37.7 Å². The molecule has 1 aliphatic carbocycles. The molecule has 0 spiro atoms. The van der Waals surface area contributed by atoms with Crippen molar-refractivity contribution in [3.63, 3.8) is 0 Å². The van der Waals surface area contributed by atoms with Gasteiger partial charge in [-0.05, 0) is 12.8 Å². The van der Waals surface area contributed by atoms with Crippen molar-refractivity contribution < 1.29 is 20.1 Å². The zero-order chi connectivity index (χ0) is 12.5. The van der Waals surface area contributed by atoms with Crippen LogP contribution in [0.15, 0.2) is 18.2 Å². The number of para-hydroxylation sites is 1. The fourth-order valence-electron chi connectivity index (χ4n) is 2.68. The van der Waals surface area contributed by atoms with Crippen LogP contribution in [-0.4, -0.2) is 21.3 Å². The summed E-state index contributed by atoms with van der Waals surface area (Å²) in [7, 11) is 0. The lowest BCUT2D eigenvalue weighted by Crippen LogP contribution is -2.32. The summed E-state index contributed by atoms with van der Waals surface area (Å²) in [5.41, 5.74) is -0.154. The molecule has 0 aromatic heterocycles. The molecule has 0 saturated heterocycles. The number of carbonyl (C=O) groups is 1. The highest BCUT2D eigenvalue weighted by molar-refractivity contribution is 5.83. The van der Waals surface area contributed by atoms with Crippen LogP contribution in [-0.2, 0) is 16.8 Å². The summed E-state index contributed by atoms with van der Waals surface area (Å²) in [4.78, 5) is 11.5. The van der Waals surface area contributed by atoms with E-state index in [0.29, 0.717) is 24.0 Å². The van der Waals surface area contributed by atoms with Crippen LogP contribution in [0.2, 0.25) is 0 Å². The highest BCUT2D eigenvalue weighted by Gasteiger charge is 2.44. The molecule has 1 aliphatic rings. The number of hydrogen-bond acceptors (Lipinski definition) is 3. The van der Waals surface area contributed by atoms with Gasteiger partial charge in [0.1, 0.15) is 5.75 Å². The zero-order valence-electron chi connectivity index (χ0n) is 9.52. The van der Waals surface area contributed by atoms with Gasteiger partial charge in [-0.15, -0.1) is 0 Å². The van der Waals surface area contributed by atoms with E-state index in [2.05, 4.69) is 0 Å². The van der Waals surface area contributed by atoms with Gasteiger partial charge in [-0.25, -0.2) is 0 Å². The largest absolute Gasteiger partial charge is 0.507 e. The number of phenols is 1. The fraction of sp³-hybridized carbons (Fsp3) is 0.462. The molecule has 0 radical (unpaired) electrons. The normalized spacial score (nSPS) is 18.2. The van der Waals surface area contributed by atoms with E-state index in [0.717, 1.165) is 12.8 Å². The summed E-state index contributed by atoms with van der Waals surface area (Å²) in [5.74, 6) is -0.959. The average molecular weight is 236 g/mol. The maximum absolute atomic E-state index is 11.5. The number of hydrogen-bond donors (Lipinski definition) is 3. The summed E-state index contributed by atoms with van der Waals surface area (Å²) in [6, 6.07) is 4.93. The van der Waals surface area contributed by atoms with Gasteiger partial charge in [0, 0.05) is 11.1 Å². The predicted octanol–water partition coefficient (Wildman–Crippen LogP) is 1.78. The van der Waals surface area contributed by atoms with Crippen LogP contribution in [0.1, 0.15) is 36.8 Å². The fourth-order valence-corrected chi connectivity index (χ4v) is 2.68. The van der Waals surface area contributed by atoms with Crippen LogP contribution in [0, 0.1) is 0 Å². The Labute approximate surface area is 99.5 Å². The van der Waals surface area contributed by atoms with Gasteiger partial charge >= 0.3 is 5.97 Å². The van der Waals surface area contributed by atoms with Crippen molar-refractivity contribution >= 4 is 5.97 Å². The Morgan fingerprint density at radius 2 is 1.94 bits per heavy atom. The van der Waals surface area contributed by atoms with E-state index in [1.165, 1.54) is 0 Å². The summed E-state index contributed by atoms with van der Waals surface area (Å²) in [6.07, 6.45) is 2.81. The second kappa shape index (κ2) is 4.37. The van der Waals surface area contributed by atoms with E-state index in [4.69, 9.17) is 5.11 Å². The number of aliphatic hydroxyl groups excluding tert-OH is 1. The Balaban J connectivity index is 2.54. The number of benzene rings is 1. The van der Waals surface area contributed by atoms with Crippen molar-refractivity contribution in [2.24, 2.45) is 0 Å². The van der Waals surface area contributed by atoms with Gasteiger partial charge in [-0.1, -0.05) is 31.0 Å². The molecular formula is C13H16O4. The van der Waals surface area contributed by atoms with Crippen LogP contribution in [0.5, 0.6) is 5.75 Å². The van der Waals surface area contributed by atoms with Crippen molar-refractivity contribution in [3.05, 3.63) is 29.3 Å². The molecule has 0 amide bonds. The minimum absolute atomic E-state index is 0.0701. The average Bonchev–Trinajstić information content (AvgIpc) is 2.79. The SMILES string of the molecule is O=C(O)C1(c2cccc(CO)c2O)CCCC1. The van der Waals surface area contributed by atoms with E-state index < -0.39 is 11.4 Å². The molecule has 1 aromatic carbocycles. The lowest BCUT2D eigenvalue weighted by atomic mass is 9.78. The van der Waals surface area contributed by atoms with E-state index in [-0.39, 0.29) is 12.4 Å². The molecule has 0 heterocycles. The second-order valence-corrected chi connectivity index (χ2v) is 4.57. The van der Waals surface area contributed by atoms with Gasteiger partial charge < -0.3 is 15.3 Å². The summed E-state index contributed by atoms with van der Waals surface area (Å²) < 4.78 is 0. The Bertz CT molecular complexity index is 433. The molecule has 4 heteroatoms. The van der Waals surface area contributed by atoms with Crippen molar-refractivity contribution in [3.8, 4) is 5.75 Å². The van der Waals surface area contributed by atoms with Crippen LogP contribution in [0.25, 0.3) is 0 Å². The highest BCUT2D eigenvalue weighted by atomic mass is 16.4. The molecule has 0 unspecified atom stereocenters. The first-order valence-corrected chi connectivity index (χ1v) is 5.77. The Morgan fingerprint density at radius 1 is 1.29 bits per heavy atom. The quantitative estimate of drug-likeness (QED) is 0.747. The van der Waals surface area contributed by atoms with Crippen molar-refractivity contribution in [1.82, 2.24) is 0 Å². The van der Waals surface area contributed by atoms with Crippen molar-refractivity contribution in [2.75, 3.05) is 0 Å². The van der Waals surface area contributed by atoms with Gasteiger partial charge in [-0.3, -0.25) is 4.79 Å². The van der Waals surface area contributed by atoms with Gasteiger partial charge in [0.15, 0.2) is 0 Å². The highest BCUT2D eigenvalue weighted by Crippen LogP contribution is 2.45. The number of carboxylic acids is 1. The first-order valence-electron chi connectivity index (χ1n) is 5.77. The maximum atomic E-state index is 11.5. The first kappa shape index (κ1) is 11.9. The van der Waals surface area contributed by atoms with Crippen molar-refractivity contribution in [1.29, 1.82) is 0 Å². The number of aromatic hydroxyl groups is 1. The summed E-state index contributed by atoms with van der Waals surface area (Å²) in [5, 5.41) is 28.6. The van der Waals surface area contributed by atoms with Gasteiger partial charge in [0.05, 0.1) is 12.0 Å². The second-order valence-electron chi connectivity index (χ2n) is 4.57. The first-order chi connectivity index (χ1) is 8.12. The Hall–Kier alpha value is -1.55. The molecule has 17 heavy (non-hydrogen) atoms. The molecular weight excluding hydrogens is 220 g/mol. The van der Waals surface area contributed by atoms with Crippen LogP contribution in [0.3, 0.4) is 0 Å². The molecule has 0 aliphatic heterocycles. The molecule has 4 nitrogen and oxygen atoms in total. The minimum Gasteiger partial charge on any atom is -0.507 e. The number of aliphatic carboxylic acids is 1. The standard InChI is InChI=1S/C13H16O4/c14-8-9-4-3-5-10(11(9)15)13(12(16)17)6-1-2-7-13/h3-5,14-15H,1-2,6-8H2,(H,16,17). The number of aliphatic hydroxyl groups is 1. The summed E-state index contributed by atoms with van der Waals surface area (Å²) in [6.45, 7) is -0.282. The smallest absolute Gasteiger partial charge is 0.314 e. The monoisotopic (exact) mass is 236 g/mol. The van der Waals surface area contributed by atoms with E-state index in [1.54, 1.807) is 18.2 Å². The van der Waals surface area contributed by atoms with Gasteiger partial charge in [-0.2, -0.15) is 0 Å². The van der Waals surface area contributed by atoms with Crippen LogP contribution < -0.4 is 0 Å².